The molecule has 0 saturated carbocycles. The number of imide groups is 1. The lowest BCUT2D eigenvalue weighted by Gasteiger charge is -2.31. The zero-order valence-electron chi connectivity index (χ0n) is 22.3. The molecule has 4 unspecified atom stereocenters. The molecule has 0 spiro atoms. The molecule has 4 aromatic rings. The van der Waals surface area contributed by atoms with Gasteiger partial charge in [-0.05, 0) is 48.9 Å². The SMILES string of the molecule is COc1cccc(C2NC(Cc3c[nH]c4ccccc34)(C(=O)O)C3C(=O)N(c4ccc(C(C)=O)cc4)C(=O)C23)c1O. The summed E-state index contributed by atoms with van der Waals surface area (Å²) in [6, 6.07) is 17.2. The molecule has 6 rings (SSSR count). The van der Waals surface area contributed by atoms with E-state index >= 15 is 0 Å². The fraction of sp³-hybridized carbons (Fsp3) is 0.226. The fourth-order valence-electron chi connectivity index (χ4n) is 6.34. The third-order valence-corrected chi connectivity index (χ3v) is 8.30. The van der Waals surface area contributed by atoms with Crippen LogP contribution in [0, 0.1) is 11.8 Å². The van der Waals surface area contributed by atoms with Gasteiger partial charge < -0.3 is 19.9 Å². The average molecular weight is 554 g/mol. The number of aromatic amines is 1. The quantitative estimate of drug-likeness (QED) is 0.200. The van der Waals surface area contributed by atoms with E-state index < -0.39 is 41.2 Å². The number of aromatic nitrogens is 1. The molecule has 0 radical (unpaired) electrons. The first-order valence-corrected chi connectivity index (χ1v) is 13.1. The smallest absolute Gasteiger partial charge is 0.325 e. The molecule has 1 aromatic heterocycles. The number of fused-ring (bicyclic) bond motifs is 2. The summed E-state index contributed by atoms with van der Waals surface area (Å²) in [5.74, 6) is -5.28. The number of anilines is 1. The lowest BCUT2D eigenvalue weighted by atomic mass is 9.76. The topological polar surface area (TPSA) is 149 Å². The van der Waals surface area contributed by atoms with Gasteiger partial charge in [0.2, 0.25) is 11.8 Å². The minimum atomic E-state index is -1.89. The van der Waals surface area contributed by atoms with Gasteiger partial charge >= 0.3 is 5.97 Å². The van der Waals surface area contributed by atoms with Gasteiger partial charge in [-0.3, -0.25) is 24.5 Å². The summed E-state index contributed by atoms with van der Waals surface area (Å²) in [5, 5.41) is 25.8. The number of nitrogens with zero attached hydrogens (tertiary/aromatic N) is 1. The number of hydrogen-bond donors (Lipinski definition) is 4. The number of carbonyl (C=O) groups is 4. The number of carboxylic acid groups (broad SMARTS) is 1. The minimum Gasteiger partial charge on any atom is -0.504 e. The van der Waals surface area contributed by atoms with Crippen LogP contribution in [0.5, 0.6) is 11.5 Å². The normalized spacial score (nSPS) is 23.7. The summed E-state index contributed by atoms with van der Waals surface area (Å²) >= 11 is 0. The van der Waals surface area contributed by atoms with Crippen molar-refractivity contribution in [2.75, 3.05) is 12.0 Å². The molecule has 3 heterocycles. The molecule has 208 valence electrons. The minimum absolute atomic E-state index is 0.106. The number of H-pyrrole nitrogens is 1. The molecule has 0 bridgehead atoms. The number of methoxy groups -OCH3 is 1. The number of phenolic OH excluding ortho intramolecular Hbond substituents is 1. The third kappa shape index (κ3) is 3.90. The lowest BCUT2D eigenvalue weighted by molar-refractivity contribution is -0.148. The van der Waals surface area contributed by atoms with Crippen molar-refractivity contribution in [3.05, 3.63) is 89.6 Å². The number of aliphatic carboxylic acids is 1. The maximum absolute atomic E-state index is 14.2. The summed E-state index contributed by atoms with van der Waals surface area (Å²) in [7, 11) is 1.39. The Morgan fingerprint density at radius 2 is 1.73 bits per heavy atom. The maximum atomic E-state index is 14.2. The highest BCUT2D eigenvalue weighted by Crippen LogP contribution is 2.53. The van der Waals surface area contributed by atoms with Crippen molar-refractivity contribution in [2.24, 2.45) is 11.8 Å². The van der Waals surface area contributed by atoms with Gasteiger partial charge in [-0.1, -0.05) is 30.3 Å². The summed E-state index contributed by atoms with van der Waals surface area (Å²) in [5.41, 5.74) is 0.468. The number of rotatable bonds is 7. The second-order valence-electron chi connectivity index (χ2n) is 10.5. The standard InChI is InChI=1S/C31H27N3O7/c1-16(35)17-10-12-19(13-11-17)34-28(37)24-25(29(34)38)31(30(39)40,14-18-15-32-22-8-4-3-6-20(18)22)33-26(24)21-7-5-9-23(41-2)27(21)36/h3-13,15,24-26,32-33,36H,14H2,1-2H3,(H,39,40). The first-order chi connectivity index (χ1) is 19.7. The second-order valence-corrected chi connectivity index (χ2v) is 10.5. The number of ether oxygens (including phenoxy) is 1. The Morgan fingerprint density at radius 1 is 1.00 bits per heavy atom. The van der Waals surface area contributed by atoms with E-state index in [4.69, 9.17) is 4.74 Å². The molecule has 4 N–H and O–H groups in total. The van der Waals surface area contributed by atoms with Gasteiger partial charge in [-0.15, -0.1) is 0 Å². The van der Waals surface area contributed by atoms with E-state index in [-0.39, 0.29) is 35.0 Å². The van der Waals surface area contributed by atoms with E-state index in [0.717, 1.165) is 15.8 Å². The van der Waals surface area contributed by atoms with Gasteiger partial charge in [0.05, 0.1) is 24.6 Å². The molecule has 2 saturated heterocycles. The molecule has 2 fully saturated rings. The number of phenols is 1. The Hall–Kier alpha value is -4.96. The van der Waals surface area contributed by atoms with Crippen molar-refractivity contribution in [2.45, 2.75) is 24.9 Å². The van der Waals surface area contributed by atoms with Crippen LogP contribution in [0.2, 0.25) is 0 Å². The summed E-state index contributed by atoms with van der Waals surface area (Å²) in [4.78, 5) is 57.4. The van der Waals surface area contributed by atoms with Crippen molar-refractivity contribution in [1.29, 1.82) is 0 Å². The number of amides is 2. The molecule has 0 aliphatic carbocycles. The molecular formula is C31H27N3O7. The molecule has 3 aromatic carbocycles. The number of ketones is 1. The Morgan fingerprint density at radius 3 is 2.41 bits per heavy atom. The van der Waals surface area contributed by atoms with Crippen LogP contribution in [0.25, 0.3) is 10.9 Å². The molecule has 41 heavy (non-hydrogen) atoms. The zero-order valence-corrected chi connectivity index (χ0v) is 22.3. The van der Waals surface area contributed by atoms with Crippen LogP contribution in [-0.2, 0) is 20.8 Å². The van der Waals surface area contributed by atoms with Crippen molar-refractivity contribution in [1.82, 2.24) is 10.3 Å². The molecule has 2 aliphatic rings. The molecule has 2 aliphatic heterocycles. The van der Waals surface area contributed by atoms with Crippen LogP contribution in [0.4, 0.5) is 5.69 Å². The largest absolute Gasteiger partial charge is 0.504 e. The summed E-state index contributed by atoms with van der Waals surface area (Å²) in [6.45, 7) is 1.41. The second kappa shape index (κ2) is 9.60. The Kier molecular flexibility index (Phi) is 6.15. The lowest BCUT2D eigenvalue weighted by Crippen LogP contribution is -2.57. The highest BCUT2D eigenvalue weighted by Gasteiger charge is 2.69. The van der Waals surface area contributed by atoms with Crippen LogP contribution in [0.3, 0.4) is 0 Å². The molecule has 10 heteroatoms. The average Bonchev–Trinajstić information content (AvgIpc) is 3.61. The number of aromatic hydroxyl groups is 1. The number of carboxylic acids is 1. The van der Waals surface area contributed by atoms with Gasteiger partial charge in [-0.2, -0.15) is 0 Å². The number of nitrogens with one attached hydrogen (secondary N) is 2. The predicted octanol–water partition coefficient (Wildman–Crippen LogP) is 3.60. The molecule has 2 amide bonds. The van der Waals surface area contributed by atoms with E-state index in [9.17, 15) is 29.4 Å². The number of carbonyl (C=O) groups excluding carboxylic acids is 3. The molecule has 4 atom stereocenters. The van der Waals surface area contributed by atoms with E-state index in [1.165, 1.54) is 38.3 Å². The summed E-state index contributed by atoms with van der Waals surface area (Å²) in [6.07, 6.45) is 1.60. The van der Waals surface area contributed by atoms with Gasteiger partial charge in [-0.25, -0.2) is 4.90 Å². The van der Waals surface area contributed by atoms with E-state index in [1.54, 1.807) is 24.4 Å². The summed E-state index contributed by atoms with van der Waals surface area (Å²) < 4.78 is 5.27. The predicted molar refractivity (Wildman–Crippen MR) is 149 cm³/mol. The van der Waals surface area contributed by atoms with Gasteiger partial charge in [0, 0.05) is 40.7 Å². The first kappa shape index (κ1) is 26.3. The fourth-order valence-corrected chi connectivity index (χ4v) is 6.34. The zero-order chi connectivity index (χ0) is 29.1. The van der Waals surface area contributed by atoms with Crippen molar-refractivity contribution in [3.63, 3.8) is 0 Å². The van der Waals surface area contributed by atoms with Crippen molar-refractivity contribution < 1.29 is 34.1 Å². The molecule has 10 nitrogen and oxygen atoms in total. The monoisotopic (exact) mass is 553 g/mol. The van der Waals surface area contributed by atoms with Crippen LogP contribution < -0.4 is 15.0 Å². The van der Waals surface area contributed by atoms with Crippen LogP contribution >= 0.6 is 0 Å². The van der Waals surface area contributed by atoms with Crippen LogP contribution in [0.1, 0.15) is 34.5 Å². The number of para-hydroxylation sites is 2. The molecular weight excluding hydrogens is 526 g/mol. The maximum Gasteiger partial charge on any atom is 0.325 e. The Balaban J connectivity index is 1.52. The van der Waals surface area contributed by atoms with Gasteiger partial charge in [0.25, 0.3) is 0 Å². The van der Waals surface area contributed by atoms with Crippen molar-refractivity contribution in [3.8, 4) is 11.5 Å². The first-order valence-electron chi connectivity index (χ1n) is 13.1. The number of benzene rings is 3. The van der Waals surface area contributed by atoms with E-state index in [1.807, 2.05) is 24.3 Å². The van der Waals surface area contributed by atoms with Crippen LogP contribution in [-0.4, -0.2) is 51.4 Å². The Labute approximate surface area is 234 Å². The highest BCUT2D eigenvalue weighted by atomic mass is 16.5. The van der Waals surface area contributed by atoms with Crippen LogP contribution in [0.15, 0.2) is 72.9 Å². The third-order valence-electron chi connectivity index (χ3n) is 8.30. The van der Waals surface area contributed by atoms with Gasteiger partial charge in [0.15, 0.2) is 17.3 Å². The van der Waals surface area contributed by atoms with E-state index in [0.29, 0.717) is 11.1 Å². The highest BCUT2D eigenvalue weighted by molar-refractivity contribution is 6.24. The Bertz CT molecular complexity index is 1730. The number of Topliss-reactive ketones (excluding diaryl/α,β-unsaturated/α-hetero) is 1. The van der Waals surface area contributed by atoms with Gasteiger partial charge in [0.1, 0.15) is 5.54 Å². The van der Waals surface area contributed by atoms with E-state index in [2.05, 4.69) is 10.3 Å². The van der Waals surface area contributed by atoms with Crippen molar-refractivity contribution >= 4 is 40.2 Å². The number of hydrogen-bond acceptors (Lipinski definition) is 7.